The predicted molar refractivity (Wildman–Crippen MR) is 121 cm³/mol. The number of aryl methyl sites for hydroxylation is 2. The Morgan fingerprint density at radius 2 is 1.84 bits per heavy atom. The summed E-state index contributed by atoms with van der Waals surface area (Å²) in [6.07, 6.45) is 3.15. The van der Waals surface area contributed by atoms with Crippen molar-refractivity contribution in [3.8, 4) is 11.1 Å². The zero-order valence-electron chi connectivity index (χ0n) is 17.5. The number of carboxylic acid groups (broad SMARTS) is 1. The summed E-state index contributed by atoms with van der Waals surface area (Å²) in [4.78, 5) is 42.3. The minimum Gasteiger partial charge on any atom is -0.478 e. The molecule has 0 atom stereocenters. The van der Waals surface area contributed by atoms with Gasteiger partial charge in [0.05, 0.1) is 11.1 Å². The van der Waals surface area contributed by atoms with Crippen LogP contribution in [-0.2, 0) is 13.5 Å². The molecular weight excluding hydrogens is 408 g/mol. The first-order valence-electron chi connectivity index (χ1n) is 10.2. The Bertz CT molecular complexity index is 1350. The number of fused-ring (bicyclic) bond motifs is 1. The lowest BCUT2D eigenvalue weighted by Gasteiger charge is -2.08. The fraction of sp³-hybridized carbons (Fsp3) is 0.167. The van der Waals surface area contributed by atoms with Gasteiger partial charge in [0.15, 0.2) is 5.65 Å². The van der Waals surface area contributed by atoms with Crippen LogP contribution in [0.5, 0.6) is 0 Å². The summed E-state index contributed by atoms with van der Waals surface area (Å²) in [5.41, 5.74) is 4.45. The van der Waals surface area contributed by atoms with Crippen molar-refractivity contribution in [2.75, 3.05) is 6.54 Å². The smallest absolute Gasteiger partial charge is 0.335 e. The quantitative estimate of drug-likeness (QED) is 0.390. The summed E-state index contributed by atoms with van der Waals surface area (Å²) < 4.78 is 1.50. The van der Waals surface area contributed by atoms with Crippen LogP contribution in [0.4, 0.5) is 0 Å². The van der Waals surface area contributed by atoms with Crippen LogP contribution < -0.4 is 11.0 Å². The number of hydrogen-bond acceptors (Lipinski definition) is 4. The topological polar surface area (TPSA) is 117 Å². The first-order chi connectivity index (χ1) is 15.4. The molecular formula is C24H22N4O4. The molecule has 0 saturated heterocycles. The molecule has 0 aliphatic carbocycles. The highest BCUT2D eigenvalue weighted by Gasteiger charge is 2.10. The van der Waals surface area contributed by atoms with Gasteiger partial charge in [-0.25, -0.2) is 14.6 Å². The number of carbonyl (C=O) groups is 2. The number of imidazole rings is 1. The fourth-order valence-electron chi connectivity index (χ4n) is 3.51. The number of aromatic carboxylic acids is 1. The van der Waals surface area contributed by atoms with E-state index in [4.69, 9.17) is 5.11 Å². The summed E-state index contributed by atoms with van der Waals surface area (Å²) in [5, 5.41) is 11.9. The lowest BCUT2D eigenvalue weighted by Crippen LogP contribution is -2.24. The summed E-state index contributed by atoms with van der Waals surface area (Å²) >= 11 is 0. The highest BCUT2D eigenvalue weighted by molar-refractivity contribution is 5.95. The van der Waals surface area contributed by atoms with Crippen LogP contribution >= 0.6 is 0 Å². The molecule has 2 aromatic heterocycles. The average Bonchev–Trinajstić information content (AvgIpc) is 3.10. The van der Waals surface area contributed by atoms with E-state index < -0.39 is 5.97 Å². The number of nitrogens with zero attached hydrogens (tertiary/aromatic N) is 2. The normalized spacial score (nSPS) is 10.9. The fourth-order valence-corrected chi connectivity index (χ4v) is 3.51. The first-order valence-corrected chi connectivity index (χ1v) is 10.2. The summed E-state index contributed by atoms with van der Waals surface area (Å²) in [6.45, 7) is 0.503. The molecule has 0 fully saturated rings. The van der Waals surface area contributed by atoms with Gasteiger partial charge < -0.3 is 10.4 Å². The molecule has 0 radical (unpaired) electrons. The molecule has 4 rings (SSSR count). The van der Waals surface area contributed by atoms with Gasteiger partial charge in [0.2, 0.25) is 0 Å². The van der Waals surface area contributed by atoms with Crippen molar-refractivity contribution in [1.82, 2.24) is 19.9 Å². The molecule has 0 aliphatic rings. The second-order valence-electron chi connectivity index (χ2n) is 7.52. The van der Waals surface area contributed by atoms with Crippen molar-refractivity contribution in [2.45, 2.75) is 12.8 Å². The van der Waals surface area contributed by atoms with Crippen LogP contribution in [0.1, 0.15) is 32.7 Å². The van der Waals surface area contributed by atoms with E-state index in [1.165, 1.54) is 4.57 Å². The lowest BCUT2D eigenvalue weighted by molar-refractivity contribution is 0.0696. The number of nitrogens with one attached hydrogen (secondary N) is 2. The van der Waals surface area contributed by atoms with E-state index in [0.717, 1.165) is 29.5 Å². The van der Waals surface area contributed by atoms with Crippen molar-refractivity contribution in [1.29, 1.82) is 0 Å². The van der Waals surface area contributed by atoms with Crippen molar-refractivity contribution < 1.29 is 14.7 Å². The van der Waals surface area contributed by atoms with E-state index in [1.807, 2.05) is 18.2 Å². The van der Waals surface area contributed by atoms with E-state index in [9.17, 15) is 14.4 Å². The number of pyridine rings is 1. The molecule has 2 heterocycles. The number of carbonyl (C=O) groups excluding carboxylic acids is 1. The summed E-state index contributed by atoms with van der Waals surface area (Å²) in [7, 11) is 1.68. The van der Waals surface area contributed by atoms with Gasteiger partial charge in [-0.2, -0.15) is 0 Å². The van der Waals surface area contributed by atoms with Gasteiger partial charge in [0.25, 0.3) is 5.91 Å². The van der Waals surface area contributed by atoms with Gasteiger partial charge in [-0.05, 0) is 54.3 Å². The maximum absolute atomic E-state index is 12.6. The summed E-state index contributed by atoms with van der Waals surface area (Å²) in [5.74, 6) is -1.12. The third-order valence-corrected chi connectivity index (χ3v) is 5.35. The molecule has 4 aromatic rings. The van der Waals surface area contributed by atoms with E-state index in [2.05, 4.69) is 15.3 Å². The molecule has 0 unspecified atom stereocenters. The lowest BCUT2D eigenvalue weighted by atomic mass is 10.0. The molecule has 1 amide bonds. The monoisotopic (exact) mass is 430 g/mol. The minimum absolute atomic E-state index is 0.170. The number of amides is 1. The highest BCUT2D eigenvalue weighted by Crippen LogP contribution is 2.22. The van der Waals surface area contributed by atoms with Crippen LogP contribution in [0.15, 0.2) is 65.6 Å². The van der Waals surface area contributed by atoms with E-state index >= 15 is 0 Å². The largest absolute Gasteiger partial charge is 0.478 e. The Kier molecular flexibility index (Phi) is 5.85. The van der Waals surface area contributed by atoms with Crippen LogP contribution in [0.3, 0.4) is 0 Å². The molecule has 8 heteroatoms. The van der Waals surface area contributed by atoms with Gasteiger partial charge in [-0.15, -0.1) is 0 Å². The van der Waals surface area contributed by atoms with Gasteiger partial charge in [-0.1, -0.05) is 24.3 Å². The third kappa shape index (κ3) is 4.44. The SMILES string of the molecule is Cn1c(=O)[nH]c2ncc(-c3cccc(C(=O)NCCCc4ccc(C(=O)O)cc4)c3)cc21. The molecule has 2 aromatic carbocycles. The van der Waals surface area contributed by atoms with Crippen molar-refractivity contribution >= 4 is 23.0 Å². The van der Waals surface area contributed by atoms with Crippen molar-refractivity contribution in [3.05, 3.63) is 88.0 Å². The number of benzene rings is 2. The number of aromatic nitrogens is 3. The molecule has 0 spiro atoms. The average molecular weight is 430 g/mol. The second kappa shape index (κ2) is 8.89. The van der Waals surface area contributed by atoms with Crippen molar-refractivity contribution in [3.63, 3.8) is 0 Å². The first kappa shape index (κ1) is 21.0. The van der Waals surface area contributed by atoms with Gasteiger partial charge >= 0.3 is 11.7 Å². The number of carboxylic acids is 1. The Morgan fingerprint density at radius 1 is 1.06 bits per heavy atom. The number of aromatic amines is 1. The van der Waals surface area contributed by atoms with Crippen molar-refractivity contribution in [2.24, 2.45) is 7.05 Å². The van der Waals surface area contributed by atoms with E-state index in [-0.39, 0.29) is 17.2 Å². The standard InChI is InChI=1S/C24H22N4O4/c1-28-20-13-19(14-26-21(20)27-24(28)32)17-5-2-6-18(12-17)22(29)25-11-3-4-15-7-9-16(10-8-15)23(30)31/h2,5-10,12-14H,3-4,11H2,1H3,(H,25,29)(H,30,31)(H,26,27,32). The second-order valence-corrected chi connectivity index (χ2v) is 7.52. The van der Waals surface area contributed by atoms with Crippen LogP contribution in [0.25, 0.3) is 22.3 Å². The molecule has 32 heavy (non-hydrogen) atoms. The zero-order chi connectivity index (χ0) is 22.7. The van der Waals surface area contributed by atoms with Gasteiger partial charge in [-0.3, -0.25) is 14.3 Å². The van der Waals surface area contributed by atoms with Gasteiger partial charge in [0, 0.05) is 30.9 Å². The van der Waals surface area contributed by atoms with Crippen LogP contribution in [0.2, 0.25) is 0 Å². The molecule has 3 N–H and O–H groups in total. The maximum atomic E-state index is 12.6. The Labute approximate surface area is 183 Å². The zero-order valence-corrected chi connectivity index (χ0v) is 17.5. The molecule has 162 valence electrons. The minimum atomic E-state index is -0.945. The Morgan fingerprint density at radius 3 is 2.59 bits per heavy atom. The van der Waals surface area contributed by atoms with Gasteiger partial charge in [0.1, 0.15) is 0 Å². The Balaban J connectivity index is 1.38. The molecule has 0 aliphatic heterocycles. The van der Waals surface area contributed by atoms with Crippen LogP contribution in [0, 0.1) is 0 Å². The molecule has 0 bridgehead atoms. The number of H-pyrrole nitrogens is 1. The number of rotatable bonds is 7. The Hall–Kier alpha value is -4.20. The predicted octanol–water partition coefficient (Wildman–Crippen LogP) is 2.99. The van der Waals surface area contributed by atoms with E-state index in [0.29, 0.717) is 23.3 Å². The van der Waals surface area contributed by atoms with E-state index in [1.54, 1.807) is 49.6 Å². The summed E-state index contributed by atoms with van der Waals surface area (Å²) in [6, 6.07) is 15.9. The maximum Gasteiger partial charge on any atom is 0.335 e. The molecule has 0 saturated carbocycles. The number of hydrogen-bond donors (Lipinski definition) is 3. The van der Waals surface area contributed by atoms with Crippen LogP contribution in [-0.4, -0.2) is 38.1 Å². The third-order valence-electron chi connectivity index (χ3n) is 5.35. The highest BCUT2D eigenvalue weighted by atomic mass is 16.4. The molecule has 8 nitrogen and oxygen atoms in total.